The molecule has 4 heteroatoms. The van der Waals surface area contributed by atoms with E-state index in [0.717, 1.165) is 63.0 Å². The monoisotopic (exact) mass is 562 g/mol. The highest BCUT2D eigenvalue weighted by molar-refractivity contribution is 5.53. The molecule has 0 heterocycles. The average Bonchev–Trinajstić information content (AvgIpc) is 2.95. The summed E-state index contributed by atoms with van der Waals surface area (Å²) in [4.78, 5) is 0. The molecular formula is C38H46N2O2. The number of anilines is 2. The minimum Gasteiger partial charge on any atom is -0.457 e. The highest BCUT2D eigenvalue weighted by Gasteiger charge is 2.43. The van der Waals surface area contributed by atoms with E-state index >= 15 is 0 Å². The zero-order valence-corrected chi connectivity index (χ0v) is 26.3. The molecule has 0 aromatic heterocycles. The van der Waals surface area contributed by atoms with Gasteiger partial charge in [0.15, 0.2) is 0 Å². The number of hydrogen-bond donors (Lipinski definition) is 2. The lowest BCUT2D eigenvalue weighted by Gasteiger charge is -2.46. The van der Waals surface area contributed by atoms with Gasteiger partial charge in [-0.1, -0.05) is 45.0 Å². The predicted molar refractivity (Wildman–Crippen MR) is 176 cm³/mol. The molecule has 1 aliphatic rings. The van der Waals surface area contributed by atoms with Crippen molar-refractivity contribution in [3.63, 3.8) is 0 Å². The Morgan fingerprint density at radius 2 is 1.24 bits per heavy atom. The van der Waals surface area contributed by atoms with Gasteiger partial charge in [-0.2, -0.15) is 0 Å². The van der Waals surface area contributed by atoms with Crippen molar-refractivity contribution in [1.29, 1.82) is 0 Å². The van der Waals surface area contributed by atoms with E-state index < -0.39 is 0 Å². The van der Waals surface area contributed by atoms with Gasteiger partial charge in [0.25, 0.3) is 0 Å². The topological polar surface area (TPSA) is 70.5 Å². The molecule has 4 aromatic rings. The highest BCUT2D eigenvalue weighted by Crippen LogP contribution is 2.53. The lowest BCUT2D eigenvalue weighted by molar-refractivity contribution is 0.172. The summed E-state index contributed by atoms with van der Waals surface area (Å²) in [5.41, 5.74) is 20.7. The number of ether oxygens (including phenoxy) is 2. The first kappa shape index (κ1) is 29.6. The van der Waals surface area contributed by atoms with Gasteiger partial charge in [-0.05, 0) is 152 Å². The van der Waals surface area contributed by atoms with Gasteiger partial charge in [0.05, 0.1) is 0 Å². The second-order valence-corrected chi connectivity index (χ2v) is 13.0. The third-order valence-electron chi connectivity index (χ3n) is 9.66. The largest absolute Gasteiger partial charge is 0.457 e. The van der Waals surface area contributed by atoms with E-state index in [1.165, 1.54) is 24.0 Å². The maximum Gasteiger partial charge on any atom is 0.130 e. The minimum atomic E-state index is 0.00927. The minimum absolute atomic E-state index is 0.00927. The summed E-state index contributed by atoms with van der Waals surface area (Å²) >= 11 is 0. The van der Waals surface area contributed by atoms with Crippen LogP contribution in [0.5, 0.6) is 23.0 Å². The molecule has 3 atom stereocenters. The molecule has 0 radical (unpaired) electrons. The second-order valence-electron chi connectivity index (χ2n) is 13.0. The Balaban J connectivity index is 1.45. The van der Waals surface area contributed by atoms with E-state index in [0.29, 0.717) is 17.8 Å². The van der Waals surface area contributed by atoms with Gasteiger partial charge in [0.1, 0.15) is 23.0 Å². The molecule has 42 heavy (non-hydrogen) atoms. The Kier molecular flexibility index (Phi) is 8.28. The summed E-state index contributed by atoms with van der Waals surface area (Å²) in [6, 6.07) is 25.2. The number of nitrogens with two attached hydrogens (primary N) is 2. The maximum absolute atomic E-state index is 6.30. The van der Waals surface area contributed by atoms with Crippen molar-refractivity contribution in [2.24, 2.45) is 11.8 Å². The van der Waals surface area contributed by atoms with Crippen molar-refractivity contribution >= 4 is 11.4 Å². The summed E-state index contributed by atoms with van der Waals surface area (Å²) in [7, 11) is 0. The second kappa shape index (κ2) is 11.8. The van der Waals surface area contributed by atoms with Crippen molar-refractivity contribution in [2.75, 3.05) is 11.5 Å². The van der Waals surface area contributed by atoms with E-state index in [-0.39, 0.29) is 5.41 Å². The van der Waals surface area contributed by atoms with Crippen molar-refractivity contribution in [3.8, 4) is 23.0 Å². The summed E-state index contributed by atoms with van der Waals surface area (Å²) < 4.78 is 12.6. The number of rotatable bonds is 7. The van der Waals surface area contributed by atoms with Crippen LogP contribution in [0.25, 0.3) is 0 Å². The fourth-order valence-corrected chi connectivity index (χ4v) is 6.60. The highest BCUT2D eigenvalue weighted by atomic mass is 16.5. The maximum atomic E-state index is 6.30. The zero-order chi connectivity index (χ0) is 30.2. The van der Waals surface area contributed by atoms with Crippen LogP contribution in [-0.4, -0.2) is 0 Å². The Morgan fingerprint density at radius 3 is 1.74 bits per heavy atom. The molecule has 4 nitrogen and oxygen atoms in total. The van der Waals surface area contributed by atoms with Crippen LogP contribution >= 0.6 is 0 Å². The van der Waals surface area contributed by atoms with Crippen LogP contribution in [0.3, 0.4) is 0 Å². The van der Waals surface area contributed by atoms with Gasteiger partial charge in [0, 0.05) is 11.4 Å². The van der Waals surface area contributed by atoms with Crippen molar-refractivity contribution < 1.29 is 9.47 Å². The molecule has 220 valence electrons. The molecule has 4 N–H and O–H groups in total. The van der Waals surface area contributed by atoms with Gasteiger partial charge in [0.2, 0.25) is 0 Å². The molecular weight excluding hydrogens is 516 g/mol. The summed E-state index contributed by atoms with van der Waals surface area (Å²) in [6.45, 7) is 15.5. The molecule has 0 aliphatic heterocycles. The fourth-order valence-electron chi connectivity index (χ4n) is 6.60. The van der Waals surface area contributed by atoms with Crippen molar-refractivity contribution in [3.05, 3.63) is 106 Å². The molecule has 1 saturated carbocycles. The van der Waals surface area contributed by atoms with E-state index in [1.807, 2.05) is 50.2 Å². The van der Waals surface area contributed by atoms with Crippen LogP contribution < -0.4 is 20.9 Å². The Bertz CT molecular complexity index is 1590. The van der Waals surface area contributed by atoms with Crippen molar-refractivity contribution in [2.45, 2.75) is 79.1 Å². The molecule has 0 saturated heterocycles. The number of nitrogen functional groups attached to an aromatic ring is 2. The average molecular weight is 563 g/mol. The molecule has 0 amide bonds. The zero-order valence-electron chi connectivity index (χ0n) is 26.3. The van der Waals surface area contributed by atoms with Crippen LogP contribution in [0.2, 0.25) is 0 Å². The molecule has 4 aromatic carbocycles. The number of aryl methyl sites for hydroxylation is 4. The SMILES string of the molecule is Cc1cc(Oc2ccc(C3CC(C(C)C)CCC3(C)c3ccc(Oc4ccc(N)c(C)c4)c(C)c3)cc2C)ccc1N. The van der Waals surface area contributed by atoms with Crippen LogP contribution in [0.4, 0.5) is 11.4 Å². The van der Waals surface area contributed by atoms with Crippen LogP contribution in [-0.2, 0) is 5.41 Å². The summed E-state index contributed by atoms with van der Waals surface area (Å²) in [5.74, 6) is 5.16. The van der Waals surface area contributed by atoms with Crippen LogP contribution in [0.1, 0.15) is 79.3 Å². The molecule has 1 aliphatic carbocycles. The van der Waals surface area contributed by atoms with Crippen LogP contribution in [0, 0.1) is 39.5 Å². The summed E-state index contributed by atoms with van der Waals surface area (Å²) in [6.07, 6.45) is 3.57. The Labute approximate surface area is 252 Å². The smallest absolute Gasteiger partial charge is 0.130 e. The van der Waals surface area contributed by atoms with Gasteiger partial charge in [-0.25, -0.2) is 0 Å². The quantitative estimate of drug-likeness (QED) is 0.220. The first-order chi connectivity index (χ1) is 19.9. The lowest BCUT2D eigenvalue weighted by atomic mass is 9.57. The molecule has 1 fully saturated rings. The number of hydrogen-bond acceptors (Lipinski definition) is 4. The van der Waals surface area contributed by atoms with Gasteiger partial charge in [-0.15, -0.1) is 0 Å². The molecule has 3 unspecified atom stereocenters. The summed E-state index contributed by atoms with van der Waals surface area (Å²) in [5, 5.41) is 0. The van der Waals surface area contributed by atoms with Crippen molar-refractivity contribution in [1.82, 2.24) is 0 Å². The fraction of sp³-hybridized carbons (Fsp3) is 0.368. The Hall–Kier alpha value is -3.92. The van der Waals surface area contributed by atoms with E-state index in [9.17, 15) is 0 Å². The standard InChI is InChI=1S/C38H46N2O2/c1-23(2)28-16-17-38(7,30-9-15-37(27(6)19-30)42-32-11-13-35(40)25(4)21-32)33(22-28)29-8-14-36(26(5)18-29)41-31-10-12-34(39)24(3)20-31/h8-15,18-21,23,28,33H,16-17,22,39-40H2,1-7H3. The number of benzene rings is 4. The predicted octanol–water partition coefficient (Wildman–Crippen LogP) is 10.2. The van der Waals surface area contributed by atoms with E-state index in [4.69, 9.17) is 20.9 Å². The van der Waals surface area contributed by atoms with Crippen LogP contribution in [0.15, 0.2) is 72.8 Å². The lowest BCUT2D eigenvalue weighted by Crippen LogP contribution is -2.38. The van der Waals surface area contributed by atoms with Gasteiger partial charge in [-0.3, -0.25) is 0 Å². The first-order valence-corrected chi connectivity index (χ1v) is 15.2. The third-order valence-corrected chi connectivity index (χ3v) is 9.66. The normalized spacial score (nSPS) is 20.5. The molecule has 0 spiro atoms. The first-order valence-electron chi connectivity index (χ1n) is 15.2. The van der Waals surface area contributed by atoms with E-state index in [2.05, 4.69) is 71.0 Å². The van der Waals surface area contributed by atoms with E-state index in [1.54, 1.807) is 0 Å². The Morgan fingerprint density at radius 1 is 0.690 bits per heavy atom. The molecule has 5 rings (SSSR count). The van der Waals surface area contributed by atoms with Gasteiger partial charge >= 0.3 is 0 Å². The third kappa shape index (κ3) is 5.99. The molecule has 0 bridgehead atoms. The van der Waals surface area contributed by atoms with Gasteiger partial charge < -0.3 is 20.9 Å².